The lowest BCUT2D eigenvalue weighted by Gasteiger charge is -1.85. The minimum absolute atomic E-state index is 0.168. The fraction of sp³-hybridized carbons (Fsp3) is 0. The zero-order valence-electron chi connectivity index (χ0n) is 5.43. The maximum absolute atomic E-state index is 11.0. The molecule has 0 saturated carbocycles. The quantitative estimate of drug-likeness (QED) is 0.734. The summed E-state index contributed by atoms with van der Waals surface area (Å²) in [6, 6.07) is 5.45. The average Bonchev–Trinajstić information content (AvgIpc) is 2.33. The average molecular weight is 261 g/mol. The molecule has 4 heteroatoms. The summed E-state index contributed by atoms with van der Waals surface area (Å²) in [7, 11) is 0. The third kappa shape index (κ3) is 1.07. The van der Waals surface area contributed by atoms with Gasteiger partial charge in [0.15, 0.2) is 5.58 Å². The molecule has 0 amide bonds. The van der Waals surface area contributed by atoms with Gasteiger partial charge < -0.3 is 4.52 Å². The smallest absolute Gasteiger partial charge is 0.287 e. The van der Waals surface area contributed by atoms with Gasteiger partial charge in [-0.2, -0.15) is 5.16 Å². The molecule has 0 unspecified atom stereocenters. The number of hydrogen-bond donors (Lipinski definition) is 1. The maximum Gasteiger partial charge on any atom is 0.287 e. The van der Waals surface area contributed by atoms with Gasteiger partial charge in [-0.1, -0.05) is 0 Å². The standard InChI is InChI=1S/C7H4INO2/c8-4-1-2-6-5(3-4)7(10)9-11-6/h1-3H,(H,9,10). The summed E-state index contributed by atoms with van der Waals surface area (Å²) in [5.74, 6) is 0. The number of aromatic nitrogens is 1. The van der Waals surface area contributed by atoms with Gasteiger partial charge in [0.1, 0.15) is 0 Å². The van der Waals surface area contributed by atoms with Crippen LogP contribution in [0.4, 0.5) is 0 Å². The Bertz CT molecular complexity index is 443. The van der Waals surface area contributed by atoms with Crippen LogP contribution in [-0.4, -0.2) is 5.16 Å². The molecule has 0 bridgehead atoms. The largest absolute Gasteiger partial charge is 0.378 e. The van der Waals surface area contributed by atoms with Gasteiger partial charge >= 0.3 is 0 Å². The van der Waals surface area contributed by atoms with Gasteiger partial charge in [0, 0.05) is 3.57 Å². The number of rotatable bonds is 0. The SMILES string of the molecule is O=c1[nH]oc2ccc(I)cc12. The zero-order valence-corrected chi connectivity index (χ0v) is 7.58. The fourth-order valence-corrected chi connectivity index (χ4v) is 1.42. The van der Waals surface area contributed by atoms with E-state index in [1.54, 1.807) is 12.1 Å². The second-order valence-corrected chi connectivity index (χ2v) is 3.42. The highest BCUT2D eigenvalue weighted by atomic mass is 127. The Balaban J connectivity index is 2.99. The van der Waals surface area contributed by atoms with Gasteiger partial charge in [-0.25, -0.2) is 0 Å². The van der Waals surface area contributed by atoms with Gasteiger partial charge in [0.25, 0.3) is 5.56 Å². The number of nitrogens with one attached hydrogen (secondary N) is 1. The summed E-state index contributed by atoms with van der Waals surface area (Å²) in [4.78, 5) is 11.0. The van der Waals surface area contributed by atoms with Crippen molar-refractivity contribution >= 4 is 33.6 Å². The van der Waals surface area contributed by atoms with E-state index in [1.807, 2.05) is 6.07 Å². The molecule has 1 N–H and O–H groups in total. The number of halogens is 1. The number of benzene rings is 1. The molecule has 1 aromatic heterocycles. The number of hydrogen-bond acceptors (Lipinski definition) is 2. The lowest BCUT2D eigenvalue weighted by atomic mass is 10.3. The highest BCUT2D eigenvalue weighted by Crippen LogP contribution is 2.12. The number of aromatic amines is 1. The molecule has 3 nitrogen and oxygen atoms in total. The Morgan fingerprint density at radius 3 is 3.09 bits per heavy atom. The van der Waals surface area contributed by atoms with Crippen molar-refractivity contribution in [2.75, 3.05) is 0 Å². The molecular weight excluding hydrogens is 257 g/mol. The molecular formula is C7H4INO2. The van der Waals surface area contributed by atoms with E-state index < -0.39 is 0 Å². The summed E-state index contributed by atoms with van der Waals surface area (Å²) < 4.78 is 5.89. The molecule has 11 heavy (non-hydrogen) atoms. The van der Waals surface area contributed by atoms with E-state index in [9.17, 15) is 4.79 Å². The summed E-state index contributed by atoms with van der Waals surface area (Å²) >= 11 is 2.15. The first-order chi connectivity index (χ1) is 5.27. The molecule has 0 saturated heterocycles. The van der Waals surface area contributed by atoms with Crippen LogP contribution < -0.4 is 5.56 Å². The molecule has 2 rings (SSSR count). The van der Waals surface area contributed by atoms with E-state index in [-0.39, 0.29) is 5.56 Å². The van der Waals surface area contributed by atoms with E-state index >= 15 is 0 Å². The van der Waals surface area contributed by atoms with Crippen molar-refractivity contribution in [3.05, 3.63) is 32.1 Å². The fourth-order valence-electron chi connectivity index (χ4n) is 0.925. The number of fused-ring (bicyclic) bond motifs is 1. The van der Waals surface area contributed by atoms with E-state index in [1.165, 1.54) is 0 Å². The van der Waals surface area contributed by atoms with Crippen LogP contribution in [0, 0.1) is 3.57 Å². The highest BCUT2D eigenvalue weighted by molar-refractivity contribution is 14.1. The predicted molar refractivity (Wildman–Crippen MR) is 49.6 cm³/mol. The lowest BCUT2D eigenvalue weighted by molar-refractivity contribution is 0.449. The summed E-state index contributed by atoms with van der Waals surface area (Å²) in [5.41, 5.74) is 0.439. The first kappa shape index (κ1) is 6.90. The Morgan fingerprint density at radius 1 is 1.45 bits per heavy atom. The normalized spacial score (nSPS) is 10.6. The van der Waals surface area contributed by atoms with Crippen LogP contribution in [0.25, 0.3) is 11.0 Å². The van der Waals surface area contributed by atoms with Crippen molar-refractivity contribution in [2.24, 2.45) is 0 Å². The lowest BCUT2D eigenvalue weighted by Crippen LogP contribution is -1.96. The number of H-pyrrole nitrogens is 1. The topological polar surface area (TPSA) is 46.0 Å². The summed E-state index contributed by atoms with van der Waals surface area (Å²) in [6.07, 6.45) is 0. The van der Waals surface area contributed by atoms with E-state index in [4.69, 9.17) is 4.52 Å². The molecule has 56 valence electrons. The minimum atomic E-state index is -0.168. The van der Waals surface area contributed by atoms with Gasteiger partial charge in [-0.05, 0) is 40.8 Å². The van der Waals surface area contributed by atoms with E-state index in [2.05, 4.69) is 27.7 Å². The second-order valence-electron chi connectivity index (χ2n) is 2.17. The maximum atomic E-state index is 11.0. The summed E-state index contributed by atoms with van der Waals surface area (Å²) in [6.45, 7) is 0. The summed E-state index contributed by atoms with van der Waals surface area (Å²) in [5, 5.41) is 2.88. The Labute approximate surface area is 75.5 Å². The molecule has 1 aromatic carbocycles. The van der Waals surface area contributed by atoms with Crippen LogP contribution in [0.3, 0.4) is 0 Å². The Hall–Kier alpha value is -0.780. The van der Waals surface area contributed by atoms with Gasteiger partial charge in [-0.15, -0.1) is 0 Å². The van der Waals surface area contributed by atoms with Crippen molar-refractivity contribution in [2.45, 2.75) is 0 Å². The Morgan fingerprint density at radius 2 is 2.27 bits per heavy atom. The van der Waals surface area contributed by atoms with Crippen molar-refractivity contribution < 1.29 is 4.52 Å². The molecule has 0 radical (unpaired) electrons. The molecule has 0 atom stereocenters. The minimum Gasteiger partial charge on any atom is -0.378 e. The van der Waals surface area contributed by atoms with Crippen LogP contribution in [0.5, 0.6) is 0 Å². The molecule has 2 aromatic rings. The van der Waals surface area contributed by atoms with Gasteiger partial charge in [0.05, 0.1) is 5.39 Å². The van der Waals surface area contributed by atoms with Crippen LogP contribution in [-0.2, 0) is 0 Å². The molecule has 0 spiro atoms. The molecule has 0 aliphatic rings. The predicted octanol–water partition coefficient (Wildman–Crippen LogP) is 1.73. The van der Waals surface area contributed by atoms with Crippen molar-refractivity contribution in [3.63, 3.8) is 0 Å². The van der Waals surface area contributed by atoms with Crippen LogP contribution in [0.2, 0.25) is 0 Å². The molecule has 0 aliphatic carbocycles. The molecule has 1 heterocycles. The van der Waals surface area contributed by atoms with Crippen molar-refractivity contribution in [1.29, 1.82) is 0 Å². The van der Waals surface area contributed by atoms with Gasteiger partial charge in [-0.3, -0.25) is 4.79 Å². The Kier molecular flexibility index (Phi) is 1.49. The third-order valence-electron chi connectivity index (χ3n) is 1.44. The first-order valence-corrected chi connectivity index (χ1v) is 4.12. The van der Waals surface area contributed by atoms with Crippen molar-refractivity contribution in [3.8, 4) is 0 Å². The van der Waals surface area contributed by atoms with Gasteiger partial charge in [0.2, 0.25) is 0 Å². The van der Waals surface area contributed by atoms with E-state index in [0.29, 0.717) is 11.0 Å². The second kappa shape index (κ2) is 2.37. The van der Waals surface area contributed by atoms with E-state index in [0.717, 1.165) is 3.57 Å². The molecule has 0 fully saturated rings. The molecule has 0 aliphatic heterocycles. The zero-order chi connectivity index (χ0) is 7.84. The van der Waals surface area contributed by atoms with Crippen LogP contribution in [0.15, 0.2) is 27.5 Å². The van der Waals surface area contributed by atoms with Crippen LogP contribution in [0.1, 0.15) is 0 Å². The van der Waals surface area contributed by atoms with Crippen molar-refractivity contribution in [1.82, 2.24) is 5.16 Å². The third-order valence-corrected chi connectivity index (χ3v) is 2.11. The van der Waals surface area contributed by atoms with Crippen LogP contribution >= 0.6 is 22.6 Å². The highest BCUT2D eigenvalue weighted by Gasteiger charge is 2.01. The monoisotopic (exact) mass is 261 g/mol. The first-order valence-electron chi connectivity index (χ1n) is 3.04.